The van der Waals surface area contributed by atoms with E-state index in [0.29, 0.717) is 6.54 Å². The number of rotatable bonds is 4. The summed E-state index contributed by atoms with van der Waals surface area (Å²) < 4.78 is 5.93. The lowest BCUT2D eigenvalue weighted by molar-refractivity contribution is -0.119. The highest BCUT2D eigenvalue weighted by Gasteiger charge is 2.49. The van der Waals surface area contributed by atoms with Crippen molar-refractivity contribution in [3.8, 4) is 5.75 Å². The van der Waals surface area contributed by atoms with E-state index >= 15 is 0 Å². The quantitative estimate of drug-likeness (QED) is 0.714. The molecule has 3 nitrogen and oxygen atoms in total. The maximum absolute atomic E-state index is 12.1. The van der Waals surface area contributed by atoms with E-state index in [0.717, 1.165) is 31.4 Å². The van der Waals surface area contributed by atoms with E-state index in [9.17, 15) is 4.79 Å². The molecule has 2 unspecified atom stereocenters. The highest BCUT2D eigenvalue weighted by Crippen LogP contribution is 2.54. The summed E-state index contributed by atoms with van der Waals surface area (Å²) in [5.74, 6) is 1.30. The standard InChI is InChI=1S/C28H27NO2/c1-17(30)29-16-28(15-21-10-4-6-18-8-5-11-22(28)25(18)21)23-14-20-9-3-7-19-12-13-24(31-2)27(23)26(19)20/h4-8,10-13,23H,3,9,14-16H2,1-2H3,(H,29,30). The SMILES string of the molecule is COc1ccc2c3c1C(C1(CNC(C)=O)Cc4cccc5cccc1c45)CC=3CCC=2. The van der Waals surface area contributed by atoms with Gasteiger partial charge in [-0.3, -0.25) is 4.79 Å². The first kappa shape index (κ1) is 18.7. The van der Waals surface area contributed by atoms with Gasteiger partial charge in [-0.1, -0.05) is 54.1 Å². The summed E-state index contributed by atoms with van der Waals surface area (Å²) in [5, 5.41) is 8.65. The molecule has 3 heteroatoms. The minimum Gasteiger partial charge on any atom is -0.496 e. The molecule has 1 N–H and O–H groups in total. The number of hydrogen-bond acceptors (Lipinski definition) is 2. The summed E-state index contributed by atoms with van der Waals surface area (Å²) >= 11 is 0. The fourth-order valence-electron chi connectivity index (χ4n) is 6.55. The molecular weight excluding hydrogens is 382 g/mol. The Labute approximate surface area is 182 Å². The molecule has 0 saturated carbocycles. The Kier molecular flexibility index (Phi) is 4.05. The molecule has 0 aromatic heterocycles. The molecule has 156 valence electrons. The van der Waals surface area contributed by atoms with Crippen LogP contribution in [0.2, 0.25) is 0 Å². The summed E-state index contributed by atoms with van der Waals surface area (Å²) in [4.78, 5) is 12.1. The maximum atomic E-state index is 12.1. The lowest BCUT2D eigenvalue weighted by Gasteiger charge is -2.38. The van der Waals surface area contributed by atoms with Crippen LogP contribution in [0.1, 0.15) is 48.8 Å². The van der Waals surface area contributed by atoms with Crippen molar-refractivity contribution in [1.82, 2.24) is 5.32 Å². The average molecular weight is 410 g/mol. The van der Waals surface area contributed by atoms with Gasteiger partial charge in [0.15, 0.2) is 0 Å². The number of amides is 1. The van der Waals surface area contributed by atoms with E-state index in [1.54, 1.807) is 19.6 Å². The lowest BCUT2D eigenvalue weighted by Crippen LogP contribution is -2.45. The number of methoxy groups -OCH3 is 1. The van der Waals surface area contributed by atoms with Gasteiger partial charge in [0.25, 0.3) is 0 Å². The average Bonchev–Trinajstić information content (AvgIpc) is 3.33. The zero-order chi connectivity index (χ0) is 21.2. The molecular formula is C28H27NO2. The molecule has 3 aliphatic rings. The van der Waals surface area contributed by atoms with E-state index in [2.05, 4.69) is 59.9 Å². The van der Waals surface area contributed by atoms with E-state index in [4.69, 9.17) is 4.74 Å². The van der Waals surface area contributed by atoms with Crippen LogP contribution < -0.4 is 20.5 Å². The van der Waals surface area contributed by atoms with Crippen LogP contribution in [-0.2, 0) is 16.6 Å². The Morgan fingerprint density at radius 2 is 2.00 bits per heavy atom. The fourth-order valence-corrected chi connectivity index (χ4v) is 6.55. The second-order valence-corrected chi connectivity index (χ2v) is 9.31. The summed E-state index contributed by atoms with van der Waals surface area (Å²) in [6, 6.07) is 17.7. The van der Waals surface area contributed by atoms with Crippen molar-refractivity contribution < 1.29 is 9.53 Å². The Morgan fingerprint density at radius 3 is 2.81 bits per heavy atom. The number of benzene rings is 3. The normalized spacial score (nSPS) is 22.9. The molecule has 0 saturated heterocycles. The van der Waals surface area contributed by atoms with Crippen molar-refractivity contribution in [2.45, 2.75) is 43.9 Å². The number of carbonyl (C=O) groups is 1. The van der Waals surface area contributed by atoms with Gasteiger partial charge in [0.2, 0.25) is 5.91 Å². The largest absolute Gasteiger partial charge is 0.496 e. The van der Waals surface area contributed by atoms with E-state index in [1.807, 2.05) is 0 Å². The van der Waals surface area contributed by atoms with Crippen LogP contribution in [-0.4, -0.2) is 19.6 Å². The Bertz CT molecular complexity index is 1360. The predicted molar refractivity (Wildman–Crippen MR) is 125 cm³/mol. The van der Waals surface area contributed by atoms with Gasteiger partial charge in [-0.2, -0.15) is 0 Å². The zero-order valence-electron chi connectivity index (χ0n) is 18.1. The molecule has 0 aliphatic heterocycles. The highest BCUT2D eigenvalue weighted by molar-refractivity contribution is 5.93. The number of carbonyl (C=O) groups excluding carboxylic acids is 1. The Balaban J connectivity index is 1.62. The molecule has 0 fully saturated rings. The summed E-state index contributed by atoms with van der Waals surface area (Å²) in [5.41, 5.74) is 5.50. The van der Waals surface area contributed by atoms with Crippen molar-refractivity contribution in [1.29, 1.82) is 0 Å². The zero-order valence-corrected chi connectivity index (χ0v) is 18.1. The smallest absolute Gasteiger partial charge is 0.216 e. The molecule has 1 amide bonds. The first-order valence-electron chi connectivity index (χ1n) is 11.3. The fraction of sp³-hybridized carbons (Fsp3) is 0.321. The topological polar surface area (TPSA) is 38.3 Å². The van der Waals surface area contributed by atoms with Gasteiger partial charge in [-0.15, -0.1) is 0 Å². The van der Waals surface area contributed by atoms with Crippen LogP contribution in [0.15, 0.2) is 48.5 Å². The van der Waals surface area contributed by atoms with E-state index in [1.165, 1.54) is 37.9 Å². The summed E-state index contributed by atoms with van der Waals surface area (Å²) in [7, 11) is 1.78. The first-order valence-corrected chi connectivity index (χ1v) is 11.3. The molecule has 31 heavy (non-hydrogen) atoms. The van der Waals surface area contributed by atoms with Gasteiger partial charge in [-0.05, 0) is 64.1 Å². The van der Waals surface area contributed by atoms with Gasteiger partial charge in [-0.25, -0.2) is 0 Å². The predicted octanol–water partition coefficient (Wildman–Crippen LogP) is 3.69. The minimum absolute atomic E-state index is 0.0308. The Morgan fingerprint density at radius 1 is 1.16 bits per heavy atom. The summed E-state index contributed by atoms with van der Waals surface area (Å²) in [6.45, 7) is 2.27. The van der Waals surface area contributed by atoms with E-state index in [-0.39, 0.29) is 17.2 Å². The number of ether oxygens (including phenoxy) is 1. The van der Waals surface area contributed by atoms with Crippen LogP contribution in [0.5, 0.6) is 5.75 Å². The minimum atomic E-state index is -0.179. The number of nitrogens with one attached hydrogen (secondary N) is 1. The molecule has 0 spiro atoms. The van der Waals surface area contributed by atoms with Crippen LogP contribution in [0.4, 0.5) is 0 Å². The first-order chi connectivity index (χ1) is 15.1. The molecule has 2 atom stereocenters. The van der Waals surface area contributed by atoms with Gasteiger partial charge >= 0.3 is 0 Å². The Hall–Kier alpha value is -3.07. The van der Waals surface area contributed by atoms with Crippen LogP contribution in [0, 0.1) is 0 Å². The molecule has 3 aromatic carbocycles. The van der Waals surface area contributed by atoms with Gasteiger partial charge in [0, 0.05) is 30.4 Å². The second kappa shape index (κ2) is 6.71. The van der Waals surface area contributed by atoms with E-state index < -0.39 is 0 Å². The molecule has 3 aromatic rings. The monoisotopic (exact) mass is 409 g/mol. The van der Waals surface area contributed by atoms with Gasteiger partial charge in [0.1, 0.15) is 5.75 Å². The molecule has 0 radical (unpaired) electrons. The summed E-state index contributed by atoms with van der Waals surface area (Å²) in [6.07, 6.45) is 6.58. The third-order valence-electron chi connectivity index (χ3n) is 7.77. The van der Waals surface area contributed by atoms with Gasteiger partial charge in [0.05, 0.1) is 7.11 Å². The van der Waals surface area contributed by atoms with Crippen LogP contribution in [0.3, 0.4) is 0 Å². The van der Waals surface area contributed by atoms with Crippen molar-refractivity contribution in [3.63, 3.8) is 0 Å². The maximum Gasteiger partial charge on any atom is 0.216 e. The third-order valence-corrected chi connectivity index (χ3v) is 7.77. The molecule has 0 heterocycles. The molecule has 0 bridgehead atoms. The van der Waals surface area contributed by atoms with Crippen molar-refractivity contribution in [3.05, 3.63) is 75.7 Å². The van der Waals surface area contributed by atoms with Crippen molar-refractivity contribution in [2.24, 2.45) is 0 Å². The van der Waals surface area contributed by atoms with Crippen LogP contribution in [0.25, 0.3) is 22.4 Å². The molecule has 3 aliphatic carbocycles. The molecule has 6 rings (SSSR count). The highest BCUT2D eigenvalue weighted by atomic mass is 16.5. The number of hydrogen-bond donors (Lipinski definition) is 1. The third kappa shape index (κ3) is 2.56. The van der Waals surface area contributed by atoms with Crippen molar-refractivity contribution in [2.75, 3.05) is 13.7 Å². The lowest BCUT2D eigenvalue weighted by atomic mass is 9.67. The van der Waals surface area contributed by atoms with Crippen LogP contribution >= 0.6 is 0 Å². The van der Waals surface area contributed by atoms with Crippen molar-refractivity contribution >= 4 is 28.3 Å². The second-order valence-electron chi connectivity index (χ2n) is 9.31. The van der Waals surface area contributed by atoms with Gasteiger partial charge < -0.3 is 10.1 Å².